The summed E-state index contributed by atoms with van der Waals surface area (Å²) in [5.41, 5.74) is 1.07. The third kappa shape index (κ3) is 3.77. The molecule has 0 spiro atoms. The zero-order chi connectivity index (χ0) is 14.2. The van der Waals surface area contributed by atoms with Gasteiger partial charge in [0, 0.05) is 10.9 Å². The SMILES string of the molecule is Cc1cc(NC(=O)CC2CC2)c(Br)cc1S(N)(=O)=O. The number of carbonyl (C=O) groups excluding carboxylic acids is 1. The molecule has 1 amide bonds. The standard InChI is InChI=1S/C12H15BrN2O3S/c1-7-4-10(15-12(16)5-8-2-3-8)9(13)6-11(7)19(14,17)18/h4,6,8H,2-3,5H2,1H3,(H,15,16)(H2,14,17,18). The zero-order valence-corrected chi connectivity index (χ0v) is 12.8. The van der Waals surface area contributed by atoms with E-state index in [1.54, 1.807) is 13.0 Å². The van der Waals surface area contributed by atoms with Gasteiger partial charge in [0.15, 0.2) is 0 Å². The molecule has 7 heteroatoms. The molecule has 2 rings (SSSR count). The Morgan fingerprint density at radius 1 is 1.47 bits per heavy atom. The summed E-state index contributed by atoms with van der Waals surface area (Å²) in [4.78, 5) is 11.8. The number of carbonyl (C=O) groups is 1. The predicted molar refractivity (Wildman–Crippen MR) is 76.2 cm³/mol. The van der Waals surface area contributed by atoms with Gasteiger partial charge in [0.05, 0.1) is 10.6 Å². The first kappa shape index (κ1) is 14.5. The lowest BCUT2D eigenvalue weighted by Crippen LogP contribution is -2.16. The number of hydrogen-bond donors (Lipinski definition) is 2. The topological polar surface area (TPSA) is 89.3 Å². The Balaban J connectivity index is 2.22. The summed E-state index contributed by atoms with van der Waals surface area (Å²) in [7, 11) is -3.75. The van der Waals surface area contributed by atoms with Gasteiger partial charge in [-0.25, -0.2) is 13.6 Å². The first-order chi connectivity index (χ1) is 8.77. The highest BCUT2D eigenvalue weighted by atomic mass is 79.9. The third-order valence-corrected chi connectivity index (χ3v) is 4.73. The van der Waals surface area contributed by atoms with Crippen LogP contribution in [-0.2, 0) is 14.8 Å². The second-order valence-electron chi connectivity index (χ2n) is 4.84. The maximum Gasteiger partial charge on any atom is 0.238 e. The quantitative estimate of drug-likeness (QED) is 0.875. The summed E-state index contributed by atoms with van der Waals surface area (Å²) in [6.07, 6.45) is 2.73. The number of rotatable bonds is 4. The first-order valence-electron chi connectivity index (χ1n) is 5.90. The molecule has 1 aromatic rings. The van der Waals surface area contributed by atoms with Crippen molar-refractivity contribution in [2.45, 2.75) is 31.1 Å². The average Bonchev–Trinajstić information content (AvgIpc) is 3.05. The molecule has 1 fully saturated rings. The monoisotopic (exact) mass is 346 g/mol. The minimum Gasteiger partial charge on any atom is -0.325 e. The second-order valence-corrected chi connectivity index (χ2v) is 7.22. The fourth-order valence-electron chi connectivity index (χ4n) is 1.85. The summed E-state index contributed by atoms with van der Waals surface area (Å²) in [6, 6.07) is 3.02. The van der Waals surface area contributed by atoms with E-state index in [1.165, 1.54) is 6.07 Å². The zero-order valence-electron chi connectivity index (χ0n) is 10.4. The Bertz CT molecular complexity index is 624. The van der Waals surface area contributed by atoms with Gasteiger partial charge in [0.2, 0.25) is 15.9 Å². The Morgan fingerprint density at radius 3 is 2.63 bits per heavy atom. The highest BCUT2D eigenvalue weighted by molar-refractivity contribution is 9.10. The molecule has 1 aliphatic carbocycles. The fourth-order valence-corrected chi connectivity index (χ4v) is 3.23. The van der Waals surface area contributed by atoms with E-state index in [4.69, 9.17) is 5.14 Å². The summed E-state index contributed by atoms with van der Waals surface area (Å²) in [5, 5.41) is 7.90. The molecule has 0 atom stereocenters. The van der Waals surface area contributed by atoms with Crippen molar-refractivity contribution in [2.24, 2.45) is 11.1 Å². The third-order valence-electron chi connectivity index (χ3n) is 3.02. The molecular weight excluding hydrogens is 332 g/mol. The van der Waals surface area contributed by atoms with Gasteiger partial charge >= 0.3 is 0 Å². The van der Waals surface area contributed by atoms with Crippen molar-refractivity contribution in [3.05, 3.63) is 22.2 Å². The molecular formula is C12H15BrN2O3S. The van der Waals surface area contributed by atoms with Crippen LogP contribution < -0.4 is 10.5 Å². The van der Waals surface area contributed by atoms with Gasteiger partial charge in [-0.2, -0.15) is 0 Å². The molecule has 19 heavy (non-hydrogen) atoms. The molecule has 1 aromatic carbocycles. The highest BCUT2D eigenvalue weighted by Gasteiger charge is 2.24. The van der Waals surface area contributed by atoms with E-state index in [2.05, 4.69) is 21.2 Å². The van der Waals surface area contributed by atoms with E-state index in [0.29, 0.717) is 28.1 Å². The van der Waals surface area contributed by atoms with E-state index in [0.717, 1.165) is 12.8 Å². The molecule has 1 aliphatic rings. The lowest BCUT2D eigenvalue weighted by molar-refractivity contribution is -0.116. The molecule has 0 unspecified atom stereocenters. The molecule has 0 radical (unpaired) electrons. The van der Waals surface area contributed by atoms with Crippen LogP contribution in [0.15, 0.2) is 21.5 Å². The molecule has 3 N–H and O–H groups in total. The van der Waals surface area contributed by atoms with Gasteiger partial charge in [-0.3, -0.25) is 4.79 Å². The minimum atomic E-state index is -3.75. The van der Waals surface area contributed by atoms with Crippen LogP contribution in [0.4, 0.5) is 5.69 Å². The lowest BCUT2D eigenvalue weighted by atomic mass is 10.2. The van der Waals surface area contributed by atoms with Gasteiger partial charge in [-0.1, -0.05) is 0 Å². The number of aryl methyl sites for hydroxylation is 1. The van der Waals surface area contributed by atoms with Crippen molar-refractivity contribution in [2.75, 3.05) is 5.32 Å². The number of sulfonamides is 1. The van der Waals surface area contributed by atoms with Crippen molar-refractivity contribution >= 4 is 37.5 Å². The largest absolute Gasteiger partial charge is 0.325 e. The summed E-state index contributed by atoms with van der Waals surface area (Å²) in [5.74, 6) is 0.453. The van der Waals surface area contributed by atoms with E-state index >= 15 is 0 Å². The second kappa shape index (κ2) is 5.22. The summed E-state index contributed by atoms with van der Waals surface area (Å²) in [6.45, 7) is 1.64. The van der Waals surface area contributed by atoms with Crippen molar-refractivity contribution in [3.8, 4) is 0 Å². The molecule has 0 bridgehead atoms. The van der Waals surface area contributed by atoms with Crippen molar-refractivity contribution in [1.29, 1.82) is 0 Å². The molecule has 0 heterocycles. The van der Waals surface area contributed by atoms with Gasteiger partial charge in [0.25, 0.3) is 0 Å². The Morgan fingerprint density at radius 2 is 2.11 bits per heavy atom. The fraction of sp³-hybridized carbons (Fsp3) is 0.417. The van der Waals surface area contributed by atoms with Crippen molar-refractivity contribution in [1.82, 2.24) is 0 Å². The van der Waals surface area contributed by atoms with E-state index in [9.17, 15) is 13.2 Å². The van der Waals surface area contributed by atoms with Crippen LogP contribution in [-0.4, -0.2) is 14.3 Å². The highest BCUT2D eigenvalue weighted by Crippen LogP contribution is 2.33. The number of nitrogens with two attached hydrogens (primary N) is 1. The van der Waals surface area contributed by atoms with Crippen LogP contribution in [0.2, 0.25) is 0 Å². The maximum atomic E-state index is 11.7. The van der Waals surface area contributed by atoms with E-state index < -0.39 is 10.0 Å². The molecule has 104 valence electrons. The van der Waals surface area contributed by atoms with Crippen LogP contribution in [0.1, 0.15) is 24.8 Å². The summed E-state index contributed by atoms with van der Waals surface area (Å²) >= 11 is 3.25. The minimum absolute atomic E-state index is 0.0500. The van der Waals surface area contributed by atoms with E-state index in [1.807, 2.05) is 0 Å². The number of hydrogen-bond acceptors (Lipinski definition) is 3. The Labute approximate surface area is 120 Å². The van der Waals surface area contributed by atoms with Crippen LogP contribution in [0.3, 0.4) is 0 Å². The van der Waals surface area contributed by atoms with Crippen LogP contribution in [0.25, 0.3) is 0 Å². The number of primary sulfonamides is 1. The molecule has 0 aromatic heterocycles. The van der Waals surface area contributed by atoms with Crippen LogP contribution in [0.5, 0.6) is 0 Å². The van der Waals surface area contributed by atoms with Gasteiger partial charge < -0.3 is 5.32 Å². The molecule has 5 nitrogen and oxygen atoms in total. The van der Waals surface area contributed by atoms with Crippen LogP contribution >= 0.6 is 15.9 Å². The van der Waals surface area contributed by atoms with E-state index in [-0.39, 0.29) is 10.8 Å². The smallest absolute Gasteiger partial charge is 0.238 e. The lowest BCUT2D eigenvalue weighted by Gasteiger charge is -2.11. The predicted octanol–water partition coefficient (Wildman–Crippen LogP) is 2.14. The Hall–Kier alpha value is -0.920. The molecule has 0 aliphatic heterocycles. The van der Waals surface area contributed by atoms with Gasteiger partial charge in [-0.05, 0) is 59.3 Å². The average molecular weight is 347 g/mol. The summed E-state index contributed by atoms with van der Waals surface area (Å²) < 4.78 is 23.2. The van der Waals surface area contributed by atoms with Gasteiger partial charge in [-0.15, -0.1) is 0 Å². The molecule has 1 saturated carbocycles. The number of benzene rings is 1. The number of nitrogens with one attached hydrogen (secondary N) is 1. The maximum absolute atomic E-state index is 11.7. The normalized spacial score (nSPS) is 15.3. The number of amides is 1. The van der Waals surface area contributed by atoms with Crippen LogP contribution in [0, 0.1) is 12.8 Å². The van der Waals surface area contributed by atoms with Gasteiger partial charge in [0.1, 0.15) is 0 Å². The molecule has 0 saturated heterocycles. The van der Waals surface area contributed by atoms with Crippen molar-refractivity contribution < 1.29 is 13.2 Å². The first-order valence-corrected chi connectivity index (χ1v) is 8.24. The number of anilines is 1. The number of halogens is 1. The Kier molecular flexibility index (Phi) is 3.98. The van der Waals surface area contributed by atoms with Crippen molar-refractivity contribution in [3.63, 3.8) is 0 Å².